The maximum atomic E-state index is 15.0. The minimum atomic E-state index is -3.67. The summed E-state index contributed by atoms with van der Waals surface area (Å²) in [5, 5.41) is 3.92. The van der Waals surface area contributed by atoms with Crippen LogP contribution in [-0.4, -0.2) is 49.3 Å². The summed E-state index contributed by atoms with van der Waals surface area (Å²) in [4.78, 5) is 2.61. The van der Waals surface area contributed by atoms with Crippen molar-refractivity contribution < 1.29 is 12.8 Å². The van der Waals surface area contributed by atoms with Crippen LogP contribution in [0.2, 0.25) is 0 Å². The van der Waals surface area contributed by atoms with Crippen molar-refractivity contribution in [2.75, 3.05) is 26.2 Å². The number of aromatic nitrogens is 2. The molecule has 1 aliphatic carbocycles. The molecule has 6 nitrogen and oxygen atoms in total. The molecule has 8 heteroatoms. The van der Waals surface area contributed by atoms with E-state index in [2.05, 4.69) is 39.0 Å². The fourth-order valence-corrected chi connectivity index (χ4v) is 6.26. The monoisotopic (exact) mass is 482 g/mol. The predicted octanol–water partition coefficient (Wildman–Crippen LogP) is 3.28. The maximum Gasteiger partial charge on any atom is 0.243 e. The second-order valence-electron chi connectivity index (χ2n) is 9.55. The molecule has 2 aliphatic rings. The van der Waals surface area contributed by atoms with Gasteiger partial charge < -0.3 is 4.90 Å². The zero-order valence-electron chi connectivity index (χ0n) is 19.5. The summed E-state index contributed by atoms with van der Waals surface area (Å²) in [6.45, 7) is 3.49. The molecule has 1 aromatic heterocycles. The van der Waals surface area contributed by atoms with E-state index < -0.39 is 10.0 Å². The van der Waals surface area contributed by atoms with Crippen LogP contribution in [0.4, 0.5) is 4.39 Å². The van der Waals surface area contributed by atoms with Crippen molar-refractivity contribution in [3.05, 3.63) is 82.9 Å². The van der Waals surface area contributed by atoms with Gasteiger partial charge in [-0.05, 0) is 78.9 Å². The SMILES string of the molecule is Cn1cc(S(=O)(=O)NCCc2cc3c(cc2F)CC(CN2CCC2)C3Cc2ccccc2)cn1. The van der Waals surface area contributed by atoms with E-state index >= 15 is 4.39 Å². The highest BCUT2D eigenvalue weighted by Gasteiger charge is 2.35. The summed E-state index contributed by atoms with van der Waals surface area (Å²) in [6.07, 6.45) is 6.15. The van der Waals surface area contributed by atoms with Gasteiger partial charge in [-0.2, -0.15) is 5.10 Å². The van der Waals surface area contributed by atoms with Gasteiger partial charge in [0.1, 0.15) is 10.7 Å². The Morgan fingerprint density at radius 3 is 2.65 bits per heavy atom. The summed E-state index contributed by atoms with van der Waals surface area (Å²) in [7, 11) is -2.00. The molecule has 0 bridgehead atoms. The van der Waals surface area contributed by atoms with E-state index in [1.165, 1.54) is 34.6 Å². The van der Waals surface area contributed by atoms with E-state index in [1.807, 2.05) is 12.1 Å². The molecular weight excluding hydrogens is 451 g/mol. The number of aryl methyl sites for hydroxylation is 1. The fourth-order valence-electron chi connectivity index (χ4n) is 5.24. The summed E-state index contributed by atoms with van der Waals surface area (Å²) in [5.74, 6) is 0.557. The Kier molecular flexibility index (Phi) is 6.55. The van der Waals surface area contributed by atoms with E-state index in [4.69, 9.17) is 0 Å². The Morgan fingerprint density at radius 2 is 1.97 bits per heavy atom. The number of sulfonamides is 1. The minimum absolute atomic E-state index is 0.112. The van der Waals surface area contributed by atoms with Gasteiger partial charge in [0.25, 0.3) is 0 Å². The number of halogens is 1. The molecule has 180 valence electrons. The smallest absolute Gasteiger partial charge is 0.243 e. The van der Waals surface area contributed by atoms with Crippen molar-refractivity contribution in [2.24, 2.45) is 13.0 Å². The number of likely N-dealkylation sites (tertiary alicyclic amines) is 1. The lowest BCUT2D eigenvalue weighted by Gasteiger charge is -2.35. The summed E-state index contributed by atoms with van der Waals surface area (Å²) >= 11 is 0. The number of rotatable bonds is 9. The van der Waals surface area contributed by atoms with Gasteiger partial charge in [-0.3, -0.25) is 4.68 Å². The van der Waals surface area contributed by atoms with E-state index in [0.717, 1.165) is 38.0 Å². The van der Waals surface area contributed by atoms with Gasteiger partial charge in [0, 0.05) is 26.3 Å². The van der Waals surface area contributed by atoms with Gasteiger partial charge in [-0.1, -0.05) is 36.4 Å². The molecule has 2 atom stereocenters. The molecule has 1 aliphatic heterocycles. The van der Waals surface area contributed by atoms with E-state index in [-0.39, 0.29) is 17.3 Å². The van der Waals surface area contributed by atoms with Crippen LogP contribution in [0.25, 0.3) is 0 Å². The van der Waals surface area contributed by atoms with Gasteiger partial charge >= 0.3 is 0 Å². The number of fused-ring (bicyclic) bond motifs is 1. The maximum absolute atomic E-state index is 15.0. The molecule has 0 saturated carbocycles. The number of benzene rings is 2. The van der Waals surface area contributed by atoms with Gasteiger partial charge in [-0.15, -0.1) is 0 Å². The molecular formula is C26H31FN4O2S. The Labute approximate surface area is 200 Å². The van der Waals surface area contributed by atoms with E-state index in [9.17, 15) is 8.42 Å². The average Bonchev–Trinajstić information content (AvgIpc) is 3.36. The molecule has 2 aromatic carbocycles. The van der Waals surface area contributed by atoms with E-state index in [1.54, 1.807) is 13.1 Å². The van der Waals surface area contributed by atoms with Crippen LogP contribution in [0.5, 0.6) is 0 Å². The Hall–Kier alpha value is -2.55. The van der Waals surface area contributed by atoms with Crippen LogP contribution in [-0.2, 0) is 36.3 Å². The normalized spacial score (nSPS) is 20.3. The van der Waals surface area contributed by atoms with Gasteiger partial charge in [0.15, 0.2) is 0 Å². The Morgan fingerprint density at radius 1 is 1.18 bits per heavy atom. The van der Waals surface area contributed by atoms with Crippen LogP contribution in [0.3, 0.4) is 0 Å². The lowest BCUT2D eigenvalue weighted by Crippen LogP contribution is -2.41. The van der Waals surface area contributed by atoms with Crippen LogP contribution in [0.15, 0.2) is 59.8 Å². The van der Waals surface area contributed by atoms with Crippen LogP contribution in [0.1, 0.15) is 34.6 Å². The first-order valence-electron chi connectivity index (χ1n) is 11.9. The lowest BCUT2D eigenvalue weighted by atomic mass is 9.85. The molecule has 3 aromatic rings. The number of hydrogen-bond acceptors (Lipinski definition) is 4. The molecule has 5 rings (SSSR count). The second kappa shape index (κ2) is 9.60. The largest absolute Gasteiger partial charge is 0.303 e. The highest BCUT2D eigenvalue weighted by Crippen LogP contribution is 2.42. The molecule has 0 radical (unpaired) electrons. The third-order valence-corrected chi connectivity index (χ3v) is 8.59. The van der Waals surface area contributed by atoms with Crippen molar-refractivity contribution >= 4 is 10.0 Å². The van der Waals surface area contributed by atoms with Gasteiger partial charge in [-0.25, -0.2) is 17.5 Å². The molecule has 0 spiro atoms. The Bertz CT molecular complexity index is 1260. The number of hydrogen-bond donors (Lipinski definition) is 1. The molecule has 1 N–H and O–H groups in total. The summed E-state index contributed by atoms with van der Waals surface area (Å²) in [6, 6.07) is 14.2. The van der Waals surface area contributed by atoms with Crippen LogP contribution < -0.4 is 4.72 Å². The van der Waals surface area contributed by atoms with Crippen molar-refractivity contribution in [1.82, 2.24) is 19.4 Å². The molecule has 1 saturated heterocycles. The molecule has 1 fully saturated rings. The van der Waals surface area contributed by atoms with Crippen molar-refractivity contribution in [3.8, 4) is 0 Å². The van der Waals surface area contributed by atoms with Gasteiger partial charge in [0.2, 0.25) is 10.0 Å². The third kappa shape index (κ3) is 4.94. The summed E-state index contributed by atoms with van der Waals surface area (Å²) in [5.41, 5.74) is 4.18. The molecule has 2 heterocycles. The first-order chi connectivity index (χ1) is 16.4. The standard InChI is InChI=1S/C26H31FN4O2S/c1-30-18-23(16-28-30)34(32,33)29-9-8-20-14-25-21(15-26(20)27)13-22(17-31-10-5-11-31)24(25)12-19-6-3-2-4-7-19/h2-4,6-7,14-16,18,22,24,29H,5,8-13,17H2,1H3. The third-order valence-electron chi connectivity index (χ3n) is 7.18. The zero-order valence-corrected chi connectivity index (χ0v) is 20.3. The van der Waals surface area contributed by atoms with Crippen LogP contribution >= 0.6 is 0 Å². The highest BCUT2D eigenvalue weighted by molar-refractivity contribution is 7.89. The summed E-state index contributed by atoms with van der Waals surface area (Å²) < 4.78 is 44.0. The lowest BCUT2D eigenvalue weighted by molar-refractivity contribution is 0.145. The van der Waals surface area contributed by atoms with Crippen LogP contribution in [0, 0.1) is 11.7 Å². The van der Waals surface area contributed by atoms with Crippen molar-refractivity contribution in [3.63, 3.8) is 0 Å². The van der Waals surface area contributed by atoms with E-state index in [0.29, 0.717) is 23.8 Å². The topological polar surface area (TPSA) is 67.2 Å². The van der Waals surface area contributed by atoms with Gasteiger partial charge in [0.05, 0.1) is 6.20 Å². The number of nitrogens with one attached hydrogen (secondary N) is 1. The highest BCUT2D eigenvalue weighted by atomic mass is 32.2. The fraction of sp³-hybridized carbons (Fsp3) is 0.423. The zero-order chi connectivity index (χ0) is 23.7. The first-order valence-corrected chi connectivity index (χ1v) is 13.4. The predicted molar refractivity (Wildman–Crippen MR) is 130 cm³/mol. The quantitative estimate of drug-likeness (QED) is 0.508. The Balaban J connectivity index is 1.34. The average molecular weight is 483 g/mol. The first kappa shape index (κ1) is 23.2. The molecule has 34 heavy (non-hydrogen) atoms. The van der Waals surface area contributed by atoms with Crippen molar-refractivity contribution in [2.45, 2.75) is 36.5 Å². The number of nitrogens with zero attached hydrogens (tertiary/aromatic N) is 3. The van der Waals surface area contributed by atoms with Crippen molar-refractivity contribution in [1.29, 1.82) is 0 Å². The molecule has 2 unspecified atom stereocenters. The molecule has 0 amide bonds. The second-order valence-corrected chi connectivity index (χ2v) is 11.3. The minimum Gasteiger partial charge on any atom is -0.303 e.